The third-order valence-electron chi connectivity index (χ3n) is 25.2. The summed E-state index contributed by atoms with van der Waals surface area (Å²) in [6.07, 6.45) is 0.841. The zero-order valence-corrected chi connectivity index (χ0v) is 68.3. The van der Waals surface area contributed by atoms with Crippen molar-refractivity contribution >= 4 is 31.5 Å². The third kappa shape index (κ3) is 12.6. The number of hydrogen-bond donors (Lipinski definition) is 0. The number of aromatic nitrogens is 6. The van der Waals surface area contributed by atoms with Gasteiger partial charge in [0.15, 0.2) is 34.9 Å². The van der Waals surface area contributed by atoms with Crippen LogP contribution >= 0.6 is 11.3 Å². The first-order valence-corrected chi connectivity index (χ1v) is 43.1. The maximum absolute atomic E-state index is 5.42. The smallest absolute Gasteiger partial charge is 0.164 e. The molecule has 124 heavy (non-hydrogen) atoms. The fourth-order valence-electron chi connectivity index (χ4n) is 19.6. The summed E-state index contributed by atoms with van der Waals surface area (Å²) in [7, 11) is 0. The van der Waals surface area contributed by atoms with Gasteiger partial charge in [0.1, 0.15) is 0 Å². The topological polar surface area (TPSA) is 77.3 Å². The van der Waals surface area contributed by atoms with Crippen molar-refractivity contribution in [1.29, 1.82) is 0 Å². The zero-order chi connectivity index (χ0) is 82.1. The molecule has 6 nitrogen and oxygen atoms in total. The van der Waals surface area contributed by atoms with Crippen LogP contribution < -0.4 is 0 Å². The molecule has 0 saturated heterocycles. The highest BCUT2D eigenvalue weighted by atomic mass is 32.1. The van der Waals surface area contributed by atoms with E-state index in [9.17, 15) is 0 Å². The normalized spacial score (nSPS) is 12.8. The van der Waals surface area contributed by atoms with Gasteiger partial charge in [0, 0.05) is 53.6 Å². The van der Waals surface area contributed by atoms with Crippen molar-refractivity contribution in [2.45, 2.75) is 17.3 Å². The van der Waals surface area contributed by atoms with Crippen molar-refractivity contribution in [3.05, 3.63) is 505 Å². The average molecular weight is 1600 g/mol. The van der Waals surface area contributed by atoms with Gasteiger partial charge >= 0.3 is 0 Å². The van der Waals surface area contributed by atoms with Crippen LogP contribution in [0, 0.1) is 0 Å². The number of hydrogen-bond acceptors (Lipinski definition) is 7. The van der Waals surface area contributed by atoms with Crippen molar-refractivity contribution in [2.24, 2.45) is 0 Å². The van der Waals surface area contributed by atoms with Gasteiger partial charge in [-0.3, -0.25) is 0 Å². The Morgan fingerprint density at radius 1 is 0.177 bits per heavy atom. The van der Waals surface area contributed by atoms with E-state index in [1.54, 1.807) is 0 Å². The van der Waals surface area contributed by atoms with Gasteiger partial charge in [-0.05, 0) is 213 Å². The Kier molecular flexibility index (Phi) is 18.2. The molecule has 0 unspecified atom stereocenters. The second-order valence-corrected chi connectivity index (χ2v) is 33.3. The molecular weight excluding hydrogens is 1520 g/mol. The molecule has 0 amide bonds. The van der Waals surface area contributed by atoms with Gasteiger partial charge in [-0.15, -0.1) is 11.3 Å². The monoisotopic (exact) mass is 1600 g/mol. The van der Waals surface area contributed by atoms with Crippen LogP contribution in [0.5, 0.6) is 0 Å². The van der Waals surface area contributed by atoms with E-state index in [4.69, 9.17) is 29.9 Å². The van der Waals surface area contributed by atoms with Crippen LogP contribution in [0.25, 0.3) is 166 Å². The second kappa shape index (κ2) is 30.8. The highest BCUT2D eigenvalue weighted by molar-refractivity contribution is 7.25. The molecule has 0 fully saturated rings. The summed E-state index contributed by atoms with van der Waals surface area (Å²) in [5.41, 5.74) is 34.1. The fourth-order valence-corrected chi connectivity index (χ4v) is 20.7. The first-order valence-electron chi connectivity index (χ1n) is 42.3. The van der Waals surface area contributed by atoms with Crippen LogP contribution in [0.1, 0.15) is 55.6 Å². The van der Waals surface area contributed by atoms with Gasteiger partial charge < -0.3 is 0 Å². The van der Waals surface area contributed by atoms with Crippen LogP contribution in [0.4, 0.5) is 0 Å². The Balaban J connectivity index is 0.000000143. The Bertz CT molecular complexity index is 7460. The van der Waals surface area contributed by atoms with Crippen LogP contribution in [0.15, 0.2) is 449 Å². The molecular formula is C117H76N6S. The Morgan fingerprint density at radius 3 is 0.895 bits per heavy atom. The van der Waals surface area contributed by atoms with Gasteiger partial charge in [0.25, 0.3) is 0 Å². The van der Waals surface area contributed by atoms with E-state index < -0.39 is 10.8 Å². The Labute approximate surface area is 724 Å². The molecule has 0 radical (unpaired) electrons. The van der Waals surface area contributed by atoms with Crippen molar-refractivity contribution in [3.63, 3.8) is 0 Å². The van der Waals surface area contributed by atoms with E-state index in [0.717, 1.165) is 84.3 Å². The number of nitrogens with zero attached hydrogens (tertiary/aromatic N) is 6. The second-order valence-electron chi connectivity index (χ2n) is 32.2. The van der Waals surface area contributed by atoms with Crippen LogP contribution in [-0.4, -0.2) is 29.9 Å². The molecule has 0 aliphatic heterocycles. The minimum Gasteiger partial charge on any atom is -0.208 e. The van der Waals surface area contributed by atoms with E-state index in [2.05, 4.69) is 413 Å². The summed E-state index contributed by atoms with van der Waals surface area (Å²) in [6.45, 7) is 0. The largest absolute Gasteiger partial charge is 0.208 e. The molecule has 18 aromatic carbocycles. The summed E-state index contributed by atoms with van der Waals surface area (Å²) >= 11 is 1.83. The molecule has 3 aliphatic rings. The van der Waals surface area contributed by atoms with Crippen LogP contribution in [0.2, 0.25) is 0 Å². The predicted molar refractivity (Wildman–Crippen MR) is 510 cm³/mol. The third-order valence-corrected chi connectivity index (χ3v) is 26.4. The van der Waals surface area contributed by atoms with Gasteiger partial charge in [0.2, 0.25) is 0 Å². The lowest BCUT2D eigenvalue weighted by Gasteiger charge is -2.34. The molecule has 0 spiro atoms. The first kappa shape index (κ1) is 73.3. The maximum atomic E-state index is 5.42. The molecule has 21 aromatic rings. The molecule has 3 aliphatic carbocycles. The van der Waals surface area contributed by atoms with Gasteiger partial charge in [-0.25, -0.2) is 29.9 Å². The standard InChI is InChI=1S/C59H39N3.C58H37N3S/c1-5-18-39(19-6-1)44-35-45(40-20-7-2-8-21-40)37-46(36-44)57-60-56(41-22-9-3-10-23-41)61-58(62-57)51-29-17-24-43-34-42-32-33-48(38-52(42)55(43)51)59(47-25-11-4-12-26-47)53-30-15-13-27-49(53)50-28-14-16-31-54(50)59;1-5-17-38(18-6-1)42-33-43(39-19-7-2-8-20-39)35-44(34-42)57-60-55(40-21-9-3-10-22-40)59-56(61-57)41-29-31-53-49(36-41)50-37-46(30-32-54(50)62-53)58(45-23-11-4-12-24-45)51-27-15-13-25-47(51)48-26-14-16-28-52(48)58/h1-33,35-38H,34H2;1-37H. The van der Waals surface area contributed by atoms with Gasteiger partial charge in [0.05, 0.1) is 10.8 Å². The summed E-state index contributed by atoms with van der Waals surface area (Å²) in [5.74, 6) is 3.84. The first-order chi connectivity index (χ1) is 61.4. The summed E-state index contributed by atoms with van der Waals surface area (Å²) in [6, 6.07) is 161. The van der Waals surface area contributed by atoms with Crippen LogP contribution in [-0.2, 0) is 17.3 Å². The maximum Gasteiger partial charge on any atom is 0.164 e. The highest BCUT2D eigenvalue weighted by Gasteiger charge is 2.48. The lowest BCUT2D eigenvalue weighted by Crippen LogP contribution is -2.28. The van der Waals surface area contributed by atoms with E-state index >= 15 is 0 Å². The molecule has 3 aromatic heterocycles. The van der Waals surface area contributed by atoms with Crippen LogP contribution in [0.3, 0.4) is 0 Å². The molecule has 580 valence electrons. The van der Waals surface area contributed by atoms with Crippen molar-refractivity contribution in [2.75, 3.05) is 0 Å². The molecule has 0 saturated carbocycles. The Hall–Kier alpha value is -15.8. The molecule has 0 atom stereocenters. The number of fused-ring (bicyclic) bond motifs is 12. The zero-order valence-electron chi connectivity index (χ0n) is 67.5. The van der Waals surface area contributed by atoms with Crippen molar-refractivity contribution < 1.29 is 0 Å². The lowest BCUT2D eigenvalue weighted by atomic mass is 9.67. The van der Waals surface area contributed by atoms with Gasteiger partial charge in [-0.2, -0.15) is 0 Å². The summed E-state index contributed by atoms with van der Waals surface area (Å²) in [4.78, 5) is 31.6. The van der Waals surface area contributed by atoms with Crippen molar-refractivity contribution in [1.82, 2.24) is 29.9 Å². The molecule has 24 rings (SSSR count). The summed E-state index contributed by atoms with van der Waals surface area (Å²) < 4.78 is 2.47. The fraction of sp³-hybridized carbons (Fsp3) is 0.0256. The van der Waals surface area contributed by atoms with E-state index in [0.29, 0.717) is 34.9 Å². The summed E-state index contributed by atoms with van der Waals surface area (Å²) in [5, 5.41) is 2.41. The molecule has 7 heteroatoms. The van der Waals surface area contributed by atoms with E-state index in [-0.39, 0.29) is 0 Å². The molecule has 0 N–H and O–H groups in total. The minimum atomic E-state index is -0.498. The average Bonchev–Trinajstić information content (AvgIpc) is 1.54. The van der Waals surface area contributed by atoms with Gasteiger partial charge in [-0.1, -0.05) is 376 Å². The van der Waals surface area contributed by atoms with Crippen molar-refractivity contribution in [3.8, 4) is 146 Å². The predicted octanol–water partition coefficient (Wildman–Crippen LogP) is 29.1. The SMILES string of the molecule is c1ccc(-c2cc(-c3ccccc3)cc(-c3nc(-c4ccccc4)nc(-c4ccc5sc6ccc(C7(c8ccccc8)c8ccccc8-c8ccccc87)cc6c5c4)n3)c2)cc1.c1ccc(-c2cc(-c3ccccc3)cc(-c3nc(-c4ccccc4)nc(-c4cccc5c4-c4cc(C6(c7ccccc7)c7ccccc7-c7ccccc76)ccc4C5)n3)c2)cc1. The quantitative estimate of drug-likeness (QED) is 0.108. The molecule has 3 heterocycles. The number of rotatable bonds is 14. The number of thiophene rings is 1. The minimum absolute atomic E-state index is 0.477. The van der Waals surface area contributed by atoms with E-state index in [1.165, 1.54) is 109 Å². The highest BCUT2D eigenvalue weighted by Crippen LogP contribution is 2.59. The number of benzene rings is 18. The molecule has 0 bridgehead atoms. The Morgan fingerprint density at radius 2 is 0.484 bits per heavy atom. The lowest BCUT2D eigenvalue weighted by molar-refractivity contribution is 0.768. The van der Waals surface area contributed by atoms with E-state index in [1.807, 2.05) is 47.7 Å².